The minimum atomic E-state index is 0.598. The average Bonchev–Trinajstić information content (AvgIpc) is 2.98. The number of rotatable bonds is 3. The Bertz CT molecular complexity index is 1250. The Morgan fingerprint density at radius 1 is 0.964 bits per heavy atom. The van der Waals surface area contributed by atoms with Crippen molar-refractivity contribution in [1.82, 2.24) is 4.57 Å². The van der Waals surface area contributed by atoms with E-state index in [4.69, 9.17) is 11.6 Å². The van der Waals surface area contributed by atoms with Crippen molar-refractivity contribution in [2.45, 2.75) is 13.8 Å². The first-order chi connectivity index (χ1) is 13.6. The first kappa shape index (κ1) is 18.1. The zero-order valence-corrected chi connectivity index (χ0v) is 16.5. The number of halogens is 1. The SMILES string of the molecule is Cc1cc(/C=C(/C#N)c2cccc(Cl)c2)c(C)n1-c1cccc2ccccc12. The Morgan fingerprint density at radius 3 is 2.50 bits per heavy atom. The van der Waals surface area contributed by atoms with Gasteiger partial charge in [0.25, 0.3) is 0 Å². The molecule has 1 aromatic heterocycles. The molecule has 136 valence electrons. The van der Waals surface area contributed by atoms with Crippen LogP contribution >= 0.6 is 11.6 Å². The maximum Gasteiger partial charge on any atom is 0.0998 e. The number of hydrogen-bond acceptors (Lipinski definition) is 1. The van der Waals surface area contributed by atoms with E-state index >= 15 is 0 Å². The van der Waals surface area contributed by atoms with Gasteiger partial charge in [-0.05, 0) is 60.7 Å². The van der Waals surface area contributed by atoms with Crippen molar-refractivity contribution >= 4 is 34.0 Å². The lowest BCUT2D eigenvalue weighted by atomic mass is 10.0. The van der Waals surface area contributed by atoms with Crippen LogP contribution in [0.3, 0.4) is 0 Å². The van der Waals surface area contributed by atoms with Crippen LogP contribution in [0.5, 0.6) is 0 Å². The zero-order valence-electron chi connectivity index (χ0n) is 15.8. The molecule has 0 aliphatic heterocycles. The summed E-state index contributed by atoms with van der Waals surface area (Å²) in [6.45, 7) is 4.19. The second-order valence-corrected chi connectivity index (χ2v) is 7.28. The lowest BCUT2D eigenvalue weighted by Crippen LogP contribution is -2.00. The van der Waals surface area contributed by atoms with E-state index in [1.807, 2.05) is 30.3 Å². The fourth-order valence-corrected chi connectivity index (χ4v) is 3.89. The molecule has 4 rings (SSSR count). The first-order valence-electron chi connectivity index (χ1n) is 9.13. The molecule has 3 heteroatoms. The van der Waals surface area contributed by atoms with Crippen molar-refractivity contribution in [1.29, 1.82) is 5.26 Å². The standard InChI is InChI=1S/C25H19ClN2/c1-17-13-21(14-22(16-27)20-9-5-10-23(26)15-20)18(2)28(17)25-12-6-8-19-7-3-4-11-24(19)25/h3-15H,1-2H3/b22-14-. The van der Waals surface area contributed by atoms with Gasteiger partial charge in [-0.2, -0.15) is 5.26 Å². The van der Waals surface area contributed by atoms with Crippen molar-refractivity contribution in [3.63, 3.8) is 0 Å². The van der Waals surface area contributed by atoms with E-state index < -0.39 is 0 Å². The van der Waals surface area contributed by atoms with E-state index in [0.29, 0.717) is 10.6 Å². The van der Waals surface area contributed by atoms with Gasteiger partial charge in [0.15, 0.2) is 0 Å². The Kier molecular flexibility index (Phi) is 4.77. The van der Waals surface area contributed by atoms with Crippen LogP contribution in [0.15, 0.2) is 72.8 Å². The molecule has 0 aliphatic carbocycles. The van der Waals surface area contributed by atoms with Gasteiger partial charge in [0, 0.05) is 21.8 Å². The highest BCUT2D eigenvalue weighted by molar-refractivity contribution is 6.30. The molecule has 0 spiro atoms. The Labute approximate surface area is 169 Å². The van der Waals surface area contributed by atoms with Crippen LogP contribution in [0.25, 0.3) is 28.1 Å². The number of allylic oxidation sites excluding steroid dienone is 1. The number of aryl methyl sites for hydroxylation is 1. The average molecular weight is 383 g/mol. The molecule has 4 aromatic rings. The minimum absolute atomic E-state index is 0.598. The summed E-state index contributed by atoms with van der Waals surface area (Å²) < 4.78 is 2.25. The van der Waals surface area contributed by atoms with Gasteiger partial charge in [0.1, 0.15) is 0 Å². The summed E-state index contributed by atoms with van der Waals surface area (Å²) in [7, 11) is 0. The first-order valence-corrected chi connectivity index (χ1v) is 9.51. The van der Waals surface area contributed by atoms with E-state index in [-0.39, 0.29) is 0 Å². The molecular weight excluding hydrogens is 364 g/mol. The van der Waals surface area contributed by atoms with Crippen LogP contribution < -0.4 is 0 Å². The van der Waals surface area contributed by atoms with E-state index in [9.17, 15) is 5.26 Å². The van der Waals surface area contributed by atoms with Crippen molar-refractivity contribution in [2.24, 2.45) is 0 Å². The summed E-state index contributed by atoms with van der Waals surface area (Å²) in [5.41, 5.74) is 5.83. The summed E-state index contributed by atoms with van der Waals surface area (Å²) in [6.07, 6.45) is 1.94. The summed E-state index contributed by atoms with van der Waals surface area (Å²) in [5.74, 6) is 0. The number of nitrogens with zero attached hydrogens (tertiary/aromatic N) is 2. The van der Waals surface area contributed by atoms with Gasteiger partial charge in [-0.1, -0.05) is 60.1 Å². The van der Waals surface area contributed by atoms with Crippen LogP contribution in [0.4, 0.5) is 0 Å². The third kappa shape index (κ3) is 3.22. The summed E-state index contributed by atoms with van der Waals surface area (Å²) in [4.78, 5) is 0. The molecule has 0 bridgehead atoms. The Morgan fingerprint density at radius 2 is 1.71 bits per heavy atom. The topological polar surface area (TPSA) is 28.7 Å². The third-order valence-corrected chi connectivity index (χ3v) is 5.27. The van der Waals surface area contributed by atoms with Crippen molar-refractivity contribution in [2.75, 3.05) is 0 Å². The molecule has 0 N–H and O–H groups in total. The van der Waals surface area contributed by atoms with E-state index in [1.54, 1.807) is 0 Å². The number of hydrogen-bond donors (Lipinski definition) is 0. The minimum Gasteiger partial charge on any atom is -0.317 e. The van der Waals surface area contributed by atoms with Gasteiger partial charge >= 0.3 is 0 Å². The van der Waals surface area contributed by atoms with Crippen molar-refractivity contribution in [3.05, 3.63) is 100 Å². The fourth-order valence-electron chi connectivity index (χ4n) is 3.70. The predicted molar refractivity (Wildman–Crippen MR) is 118 cm³/mol. The van der Waals surface area contributed by atoms with Crippen LogP contribution in [-0.2, 0) is 0 Å². The molecule has 0 fully saturated rings. The molecular formula is C25H19ClN2. The third-order valence-electron chi connectivity index (χ3n) is 5.03. The normalized spacial score (nSPS) is 11.6. The Balaban J connectivity index is 1.87. The predicted octanol–water partition coefficient (Wildman–Crippen LogP) is 6.96. The van der Waals surface area contributed by atoms with Gasteiger partial charge < -0.3 is 4.57 Å². The van der Waals surface area contributed by atoms with Crippen molar-refractivity contribution in [3.8, 4) is 11.8 Å². The molecule has 0 aliphatic rings. The number of nitriles is 1. The molecule has 2 nitrogen and oxygen atoms in total. The van der Waals surface area contributed by atoms with Crippen LogP contribution in [0.1, 0.15) is 22.5 Å². The van der Waals surface area contributed by atoms with Crippen LogP contribution in [0.2, 0.25) is 5.02 Å². The smallest absolute Gasteiger partial charge is 0.0998 e. The molecule has 0 atom stereocenters. The number of fused-ring (bicyclic) bond motifs is 1. The van der Waals surface area contributed by atoms with Gasteiger partial charge in [0.2, 0.25) is 0 Å². The van der Waals surface area contributed by atoms with E-state index in [1.165, 1.54) is 10.8 Å². The summed E-state index contributed by atoms with van der Waals surface area (Å²) in [5, 5.41) is 12.7. The molecule has 0 radical (unpaired) electrons. The van der Waals surface area contributed by atoms with Crippen LogP contribution in [-0.4, -0.2) is 4.57 Å². The summed E-state index contributed by atoms with van der Waals surface area (Å²) in [6, 6.07) is 26.6. The highest BCUT2D eigenvalue weighted by Gasteiger charge is 2.13. The molecule has 3 aromatic carbocycles. The molecule has 0 saturated heterocycles. The highest BCUT2D eigenvalue weighted by atomic mass is 35.5. The molecule has 0 amide bonds. The van der Waals surface area contributed by atoms with E-state index in [0.717, 1.165) is 28.2 Å². The lowest BCUT2D eigenvalue weighted by Gasteiger charge is -2.13. The summed E-state index contributed by atoms with van der Waals surface area (Å²) >= 11 is 6.10. The fraction of sp³-hybridized carbons (Fsp3) is 0.0800. The lowest BCUT2D eigenvalue weighted by molar-refractivity contribution is 0.973. The number of aromatic nitrogens is 1. The maximum absolute atomic E-state index is 9.69. The number of benzene rings is 3. The van der Waals surface area contributed by atoms with Gasteiger partial charge in [-0.25, -0.2) is 0 Å². The van der Waals surface area contributed by atoms with E-state index in [2.05, 4.69) is 73.0 Å². The van der Waals surface area contributed by atoms with Gasteiger partial charge in [-0.15, -0.1) is 0 Å². The molecule has 0 unspecified atom stereocenters. The largest absolute Gasteiger partial charge is 0.317 e. The molecule has 1 heterocycles. The molecule has 28 heavy (non-hydrogen) atoms. The second kappa shape index (κ2) is 7.38. The molecule has 0 saturated carbocycles. The maximum atomic E-state index is 9.69. The quantitative estimate of drug-likeness (QED) is 0.352. The van der Waals surface area contributed by atoms with Gasteiger partial charge in [-0.3, -0.25) is 0 Å². The Hall–Kier alpha value is -3.28. The van der Waals surface area contributed by atoms with Crippen molar-refractivity contribution < 1.29 is 0 Å². The van der Waals surface area contributed by atoms with Crippen LogP contribution in [0, 0.1) is 25.2 Å². The zero-order chi connectivity index (χ0) is 19.7. The van der Waals surface area contributed by atoms with Gasteiger partial charge in [0.05, 0.1) is 17.3 Å². The highest BCUT2D eigenvalue weighted by Crippen LogP contribution is 2.29. The second-order valence-electron chi connectivity index (χ2n) is 6.84. The monoisotopic (exact) mass is 382 g/mol.